The highest BCUT2D eigenvalue weighted by atomic mass is 35.5. The summed E-state index contributed by atoms with van der Waals surface area (Å²) in [6, 6.07) is 11.0. The van der Waals surface area contributed by atoms with Crippen molar-refractivity contribution in [2.75, 3.05) is 33.3 Å². The van der Waals surface area contributed by atoms with Crippen molar-refractivity contribution in [3.05, 3.63) is 64.4 Å². The summed E-state index contributed by atoms with van der Waals surface area (Å²) in [5, 5.41) is 0.0896. The molecule has 1 aliphatic heterocycles. The third-order valence-corrected chi connectivity index (χ3v) is 4.68. The summed E-state index contributed by atoms with van der Waals surface area (Å²) in [4.78, 5) is 28.3. The molecule has 5 nitrogen and oxygen atoms in total. The van der Waals surface area contributed by atoms with Crippen LogP contribution in [-0.2, 0) is 0 Å². The molecule has 0 N–H and O–H groups in total. The van der Waals surface area contributed by atoms with E-state index in [0.29, 0.717) is 37.5 Å². The molecular formula is C19H18ClFN2O3. The number of halogens is 2. The Balaban J connectivity index is 1.65. The minimum atomic E-state index is -0.640. The van der Waals surface area contributed by atoms with E-state index < -0.39 is 11.7 Å². The Labute approximate surface area is 155 Å². The maximum Gasteiger partial charge on any atom is 0.258 e. The minimum absolute atomic E-state index is 0.0896. The molecule has 1 saturated heterocycles. The van der Waals surface area contributed by atoms with Crippen LogP contribution in [0.15, 0.2) is 42.5 Å². The lowest BCUT2D eigenvalue weighted by atomic mass is 10.1. The molecule has 26 heavy (non-hydrogen) atoms. The lowest BCUT2D eigenvalue weighted by Crippen LogP contribution is -2.50. The van der Waals surface area contributed by atoms with Gasteiger partial charge in [0.15, 0.2) is 0 Å². The fraction of sp³-hybridized carbons (Fsp3) is 0.263. The second kappa shape index (κ2) is 7.74. The molecule has 0 bridgehead atoms. The molecule has 1 fully saturated rings. The molecule has 0 aromatic heterocycles. The van der Waals surface area contributed by atoms with Gasteiger partial charge in [-0.25, -0.2) is 4.39 Å². The molecule has 2 aromatic rings. The van der Waals surface area contributed by atoms with Crippen molar-refractivity contribution in [3.8, 4) is 5.75 Å². The van der Waals surface area contributed by atoms with Crippen molar-refractivity contribution in [2.24, 2.45) is 0 Å². The molecule has 1 aliphatic rings. The number of hydrogen-bond acceptors (Lipinski definition) is 3. The number of nitrogens with zero attached hydrogens (tertiary/aromatic N) is 2. The maximum absolute atomic E-state index is 13.9. The minimum Gasteiger partial charge on any atom is -0.497 e. The van der Waals surface area contributed by atoms with Gasteiger partial charge in [-0.05, 0) is 36.4 Å². The predicted molar refractivity (Wildman–Crippen MR) is 96.2 cm³/mol. The largest absolute Gasteiger partial charge is 0.497 e. The third kappa shape index (κ3) is 3.65. The maximum atomic E-state index is 13.9. The van der Waals surface area contributed by atoms with Crippen LogP contribution in [0, 0.1) is 5.82 Å². The SMILES string of the molecule is COc1ccc(C(=O)N2CCN(C(=O)c3c(F)cccc3Cl)CC2)cc1. The number of benzene rings is 2. The number of amides is 2. The van der Waals surface area contributed by atoms with Gasteiger partial charge in [-0.2, -0.15) is 0 Å². The summed E-state index contributed by atoms with van der Waals surface area (Å²) < 4.78 is 19.0. The standard InChI is InChI=1S/C19H18ClFN2O3/c1-26-14-7-5-13(6-8-14)18(24)22-9-11-23(12-10-22)19(25)17-15(20)3-2-4-16(17)21/h2-8H,9-12H2,1H3. The van der Waals surface area contributed by atoms with Gasteiger partial charge in [0.1, 0.15) is 11.6 Å². The van der Waals surface area contributed by atoms with E-state index in [2.05, 4.69) is 0 Å². The molecule has 2 aromatic carbocycles. The van der Waals surface area contributed by atoms with Gasteiger partial charge in [-0.1, -0.05) is 17.7 Å². The van der Waals surface area contributed by atoms with Gasteiger partial charge in [0.2, 0.25) is 0 Å². The number of hydrogen-bond donors (Lipinski definition) is 0. The highest BCUT2D eigenvalue weighted by molar-refractivity contribution is 6.33. The first-order chi connectivity index (χ1) is 12.5. The van der Waals surface area contributed by atoms with Crippen molar-refractivity contribution >= 4 is 23.4 Å². The number of methoxy groups -OCH3 is 1. The van der Waals surface area contributed by atoms with Crippen LogP contribution >= 0.6 is 11.6 Å². The Bertz CT molecular complexity index is 798. The van der Waals surface area contributed by atoms with Crippen LogP contribution in [0.1, 0.15) is 20.7 Å². The van der Waals surface area contributed by atoms with Gasteiger partial charge in [-0.3, -0.25) is 9.59 Å². The van der Waals surface area contributed by atoms with E-state index in [4.69, 9.17) is 16.3 Å². The van der Waals surface area contributed by atoms with E-state index in [0.717, 1.165) is 0 Å². The summed E-state index contributed by atoms with van der Waals surface area (Å²) in [5.41, 5.74) is 0.437. The Hall–Kier alpha value is -2.60. The first-order valence-electron chi connectivity index (χ1n) is 8.18. The molecule has 1 heterocycles. The van der Waals surface area contributed by atoms with Crippen LogP contribution in [0.4, 0.5) is 4.39 Å². The average molecular weight is 377 g/mol. The lowest BCUT2D eigenvalue weighted by Gasteiger charge is -2.35. The van der Waals surface area contributed by atoms with Crippen molar-refractivity contribution in [3.63, 3.8) is 0 Å². The molecule has 0 unspecified atom stereocenters. The normalized spacial score (nSPS) is 14.3. The smallest absolute Gasteiger partial charge is 0.258 e. The Morgan fingerprint density at radius 3 is 2.08 bits per heavy atom. The van der Waals surface area contributed by atoms with Crippen molar-refractivity contribution < 1.29 is 18.7 Å². The average Bonchev–Trinajstić information content (AvgIpc) is 2.67. The third-order valence-electron chi connectivity index (χ3n) is 4.37. The van der Waals surface area contributed by atoms with E-state index in [1.807, 2.05) is 0 Å². The predicted octanol–water partition coefficient (Wildman–Crippen LogP) is 3.09. The molecule has 0 spiro atoms. The monoisotopic (exact) mass is 376 g/mol. The second-order valence-electron chi connectivity index (χ2n) is 5.91. The summed E-state index contributed by atoms with van der Waals surface area (Å²) in [6.07, 6.45) is 0. The number of piperazine rings is 1. The Morgan fingerprint density at radius 1 is 0.962 bits per heavy atom. The van der Waals surface area contributed by atoms with Gasteiger partial charge in [-0.15, -0.1) is 0 Å². The van der Waals surface area contributed by atoms with Gasteiger partial charge >= 0.3 is 0 Å². The zero-order chi connectivity index (χ0) is 18.7. The molecule has 2 amide bonds. The molecule has 0 radical (unpaired) electrons. The quantitative estimate of drug-likeness (QED) is 0.827. The molecule has 136 valence electrons. The van der Waals surface area contributed by atoms with Crippen LogP contribution in [-0.4, -0.2) is 54.9 Å². The van der Waals surface area contributed by atoms with Gasteiger partial charge < -0.3 is 14.5 Å². The van der Waals surface area contributed by atoms with Crippen molar-refractivity contribution in [2.45, 2.75) is 0 Å². The number of carbonyl (C=O) groups excluding carboxylic acids is 2. The lowest BCUT2D eigenvalue weighted by molar-refractivity contribution is 0.0533. The Morgan fingerprint density at radius 2 is 1.54 bits per heavy atom. The van der Waals surface area contributed by atoms with E-state index in [1.165, 1.54) is 23.1 Å². The van der Waals surface area contributed by atoms with Crippen LogP contribution in [0.5, 0.6) is 5.75 Å². The summed E-state index contributed by atoms with van der Waals surface area (Å²) in [6.45, 7) is 1.40. The topological polar surface area (TPSA) is 49.9 Å². The molecule has 0 saturated carbocycles. The number of carbonyl (C=O) groups is 2. The fourth-order valence-corrected chi connectivity index (χ4v) is 3.13. The van der Waals surface area contributed by atoms with Gasteiger partial charge in [0.25, 0.3) is 11.8 Å². The zero-order valence-electron chi connectivity index (χ0n) is 14.2. The molecule has 7 heteroatoms. The molecule has 3 rings (SSSR count). The van der Waals surface area contributed by atoms with E-state index in [9.17, 15) is 14.0 Å². The van der Waals surface area contributed by atoms with Gasteiger partial charge in [0, 0.05) is 31.7 Å². The summed E-state index contributed by atoms with van der Waals surface area (Å²) in [7, 11) is 1.56. The second-order valence-corrected chi connectivity index (χ2v) is 6.32. The van der Waals surface area contributed by atoms with E-state index in [-0.39, 0.29) is 16.5 Å². The highest BCUT2D eigenvalue weighted by Gasteiger charge is 2.28. The number of ether oxygens (including phenoxy) is 1. The molecule has 0 aliphatic carbocycles. The van der Waals surface area contributed by atoms with E-state index >= 15 is 0 Å². The molecule has 0 atom stereocenters. The Kier molecular flexibility index (Phi) is 5.42. The highest BCUT2D eigenvalue weighted by Crippen LogP contribution is 2.22. The summed E-state index contributed by atoms with van der Waals surface area (Å²) >= 11 is 5.97. The fourth-order valence-electron chi connectivity index (χ4n) is 2.89. The number of rotatable bonds is 3. The van der Waals surface area contributed by atoms with Crippen molar-refractivity contribution in [1.82, 2.24) is 9.80 Å². The summed E-state index contributed by atoms with van der Waals surface area (Å²) in [5.74, 6) is -0.522. The van der Waals surface area contributed by atoms with Crippen LogP contribution in [0.2, 0.25) is 5.02 Å². The van der Waals surface area contributed by atoms with Crippen LogP contribution < -0.4 is 4.74 Å². The van der Waals surface area contributed by atoms with Crippen LogP contribution in [0.25, 0.3) is 0 Å². The first kappa shape index (κ1) is 18.2. The van der Waals surface area contributed by atoms with Crippen LogP contribution in [0.3, 0.4) is 0 Å². The zero-order valence-corrected chi connectivity index (χ0v) is 15.0. The first-order valence-corrected chi connectivity index (χ1v) is 8.55. The van der Waals surface area contributed by atoms with Crippen molar-refractivity contribution in [1.29, 1.82) is 0 Å². The van der Waals surface area contributed by atoms with E-state index in [1.54, 1.807) is 36.3 Å². The van der Waals surface area contributed by atoms with Gasteiger partial charge in [0.05, 0.1) is 17.7 Å². The molecular weight excluding hydrogens is 359 g/mol.